The first-order chi connectivity index (χ1) is 11.5. The summed E-state index contributed by atoms with van der Waals surface area (Å²) in [6, 6.07) is 4.84. The maximum Gasteiger partial charge on any atom is 0.243 e. The van der Waals surface area contributed by atoms with E-state index in [9.17, 15) is 13.2 Å². The Bertz CT molecular complexity index is 738. The molecule has 1 fully saturated rings. The zero-order chi connectivity index (χ0) is 18.8. The van der Waals surface area contributed by atoms with Gasteiger partial charge in [0.05, 0.1) is 17.9 Å². The number of amides is 1. The van der Waals surface area contributed by atoms with Crippen LogP contribution in [0.25, 0.3) is 0 Å². The van der Waals surface area contributed by atoms with Gasteiger partial charge in [0.25, 0.3) is 0 Å². The van der Waals surface area contributed by atoms with Gasteiger partial charge in [-0.3, -0.25) is 4.79 Å². The minimum Gasteiger partial charge on any atom is -0.496 e. The molecule has 25 heavy (non-hydrogen) atoms. The summed E-state index contributed by atoms with van der Waals surface area (Å²) in [5.74, 6) is 0.250. The third-order valence-corrected chi connectivity index (χ3v) is 6.12. The Morgan fingerprint density at radius 1 is 1.32 bits per heavy atom. The summed E-state index contributed by atoms with van der Waals surface area (Å²) in [5, 5.41) is 2.95. The molecule has 1 heterocycles. The second-order valence-electron chi connectivity index (χ2n) is 7.57. The van der Waals surface area contributed by atoms with Gasteiger partial charge >= 0.3 is 0 Å². The Hall–Kier alpha value is -1.60. The van der Waals surface area contributed by atoms with Crippen molar-refractivity contribution in [2.24, 2.45) is 5.92 Å². The number of aryl methyl sites for hydroxylation is 1. The van der Waals surface area contributed by atoms with Gasteiger partial charge in [0.1, 0.15) is 5.75 Å². The molecule has 0 aliphatic carbocycles. The largest absolute Gasteiger partial charge is 0.496 e. The lowest BCUT2D eigenvalue weighted by molar-refractivity contribution is -0.127. The molecule has 7 heteroatoms. The van der Waals surface area contributed by atoms with E-state index in [0.717, 1.165) is 5.56 Å². The Morgan fingerprint density at radius 3 is 2.56 bits per heavy atom. The molecule has 0 radical (unpaired) electrons. The lowest BCUT2D eigenvalue weighted by Crippen LogP contribution is -2.49. The Kier molecular flexibility index (Phi) is 5.79. The number of rotatable bonds is 4. The van der Waals surface area contributed by atoms with E-state index in [1.54, 1.807) is 25.3 Å². The fourth-order valence-electron chi connectivity index (χ4n) is 3.01. The number of piperidine rings is 1. The van der Waals surface area contributed by atoms with E-state index in [-0.39, 0.29) is 28.8 Å². The number of nitrogens with one attached hydrogen (secondary N) is 1. The van der Waals surface area contributed by atoms with Gasteiger partial charge in [0, 0.05) is 18.6 Å². The van der Waals surface area contributed by atoms with Crippen molar-refractivity contribution in [2.45, 2.75) is 51.0 Å². The predicted molar refractivity (Wildman–Crippen MR) is 97.1 cm³/mol. The lowest BCUT2D eigenvalue weighted by atomic mass is 9.97. The summed E-state index contributed by atoms with van der Waals surface area (Å²) in [6.07, 6.45) is 1.38. The molecule has 0 saturated carbocycles. The van der Waals surface area contributed by atoms with Crippen molar-refractivity contribution in [3.05, 3.63) is 23.8 Å². The van der Waals surface area contributed by atoms with E-state index in [1.165, 1.54) is 4.31 Å². The highest BCUT2D eigenvalue weighted by molar-refractivity contribution is 7.89. The molecule has 1 atom stereocenters. The summed E-state index contributed by atoms with van der Waals surface area (Å²) in [6.45, 7) is 8.22. The van der Waals surface area contributed by atoms with Gasteiger partial charge < -0.3 is 10.1 Å². The zero-order valence-corrected chi connectivity index (χ0v) is 16.4. The smallest absolute Gasteiger partial charge is 0.243 e. The first-order valence-corrected chi connectivity index (χ1v) is 9.95. The summed E-state index contributed by atoms with van der Waals surface area (Å²) in [5.41, 5.74) is 0.438. The quantitative estimate of drug-likeness (QED) is 0.885. The number of hydrogen-bond donors (Lipinski definition) is 1. The average Bonchev–Trinajstić information content (AvgIpc) is 2.53. The van der Waals surface area contributed by atoms with E-state index in [2.05, 4.69) is 5.32 Å². The van der Waals surface area contributed by atoms with Crippen LogP contribution in [0.1, 0.15) is 39.2 Å². The van der Waals surface area contributed by atoms with E-state index in [1.807, 2.05) is 27.7 Å². The fraction of sp³-hybridized carbons (Fsp3) is 0.611. The van der Waals surface area contributed by atoms with Crippen LogP contribution in [-0.4, -0.2) is 44.4 Å². The van der Waals surface area contributed by atoms with Gasteiger partial charge in [-0.1, -0.05) is 0 Å². The van der Waals surface area contributed by atoms with Crippen LogP contribution in [0, 0.1) is 12.8 Å². The molecule has 1 aliphatic heterocycles. The molecule has 6 nitrogen and oxygen atoms in total. The number of ether oxygens (including phenoxy) is 1. The van der Waals surface area contributed by atoms with Crippen molar-refractivity contribution in [3.8, 4) is 5.75 Å². The van der Waals surface area contributed by atoms with Crippen molar-refractivity contribution in [1.29, 1.82) is 0 Å². The molecule has 140 valence electrons. The van der Waals surface area contributed by atoms with Crippen molar-refractivity contribution >= 4 is 15.9 Å². The zero-order valence-electron chi connectivity index (χ0n) is 15.6. The maximum absolute atomic E-state index is 12.9. The van der Waals surface area contributed by atoms with Crippen LogP contribution in [-0.2, 0) is 14.8 Å². The topological polar surface area (TPSA) is 75.7 Å². The number of hydrogen-bond acceptors (Lipinski definition) is 4. The minimum atomic E-state index is -3.62. The van der Waals surface area contributed by atoms with Crippen LogP contribution >= 0.6 is 0 Å². The SMILES string of the molecule is COc1ccc(S(=O)(=O)N2CCCC(C(=O)NC(C)(C)C)C2)cc1C. The number of nitrogens with zero attached hydrogens (tertiary/aromatic N) is 1. The first-order valence-electron chi connectivity index (χ1n) is 8.51. The Morgan fingerprint density at radius 2 is 2.00 bits per heavy atom. The summed E-state index contributed by atoms with van der Waals surface area (Å²) in [7, 11) is -2.07. The van der Waals surface area contributed by atoms with Gasteiger partial charge in [0.15, 0.2) is 0 Å². The molecular weight excluding hydrogens is 340 g/mol. The van der Waals surface area contributed by atoms with Crippen LogP contribution in [0.4, 0.5) is 0 Å². The summed E-state index contributed by atoms with van der Waals surface area (Å²) in [4.78, 5) is 12.6. The fourth-order valence-corrected chi connectivity index (χ4v) is 4.62. The standard InChI is InChI=1S/C18H28N2O4S/c1-13-11-15(8-9-16(13)24-5)25(22,23)20-10-6-7-14(12-20)17(21)19-18(2,3)4/h8-9,11,14H,6-7,10,12H2,1-5H3,(H,19,21). The van der Waals surface area contributed by atoms with Gasteiger partial charge in [-0.2, -0.15) is 4.31 Å². The van der Waals surface area contributed by atoms with Crippen LogP contribution in [0.5, 0.6) is 5.75 Å². The molecule has 1 amide bonds. The van der Waals surface area contributed by atoms with Gasteiger partial charge in [-0.05, 0) is 64.3 Å². The second-order valence-corrected chi connectivity index (χ2v) is 9.51. The molecule has 0 bridgehead atoms. The van der Waals surface area contributed by atoms with Crippen molar-refractivity contribution < 1.29 is 17.9 Å². The van der Waals surface area contributed by atoms with Gasteiger partial charge in [0.2, 0.25) is 15.9 Å². The maximum atomic E-state index is 12.9. The molecule has 1 saturated heterocycles. The molecule has 1 N–H and O–H groups in total. The molecule has 1 aromatic carbocycles. The number of sulfonamides is 1. The normalized spacial score (nSPS) is 19.5. The predicted octanol–water partition coefficient (Wildman–Crippen LogP) is 2.32. The van der Waals surface area contributed by atoms with Gasteiger partial charge in [-0.25, -0.2) is 8.42 Å². The number of benzene rings is 1. The lowest BCUT2D eigenvalue weighted by Gasteiger charge is -2.33. The van der Waals surface area contributed by atoms with Crippen molar-refractivity contribution in [2.75, 3.05) is 20.2 Å². The molecule has 1 aliphatic rings. The van der Waals surface area contributed by atoms with Crippen LogP contribution < -0.4 is 10.1 Å². The van der Waals surface area contributed by atoms with E-state index in [4.69, 9.17) is 4.74 Å². The third kappa shape index (κ3) is 4.73. The highest BCUT2D eigenvalue weighted by atomic mass is 32.2. The third-order valence-electron chi connectivity index (χ3n) is 4.26. The molecule has 0 aromatic heterocycles. The van der Waals surface area contributed by atoms with Crippen molar-refractivity contribution in [3.63, 3.8) is 0 Å². The Labute approximate surface area is 150 Å². The minimum absolute atomic E-state index is 0.0849. The number of carbonyl (C=O) groups is 1. The first kappa shape index (κ1) is 19.7. The molecule has 1 aromatic rings. The molecular formula is C18H28N2O4S. The van der Waals surface area contributed by atoms with E-state index < -0.39 is 10.0 Å². The van der Waals surface area contributed by atoms with Crippen molar-refractivity contribution in [1.82, 2.24) is 9.62 Å². The number of carbonyl (C=O) groups excluding carboxylic acids is 1. The molecule has 0 spiro atoms. The number of methoxy groups -OCH3 is 1. The second kappa shape index (κ2) is 7.33. The summed E-state index contributed by atoms with van der Waals surface area (Å²) >= 11 is 0. The molecule has 1 unspecified atom stereocenters. The van der Waals surface area contributed by atoms with Crippen LogP contribution in [0.15, 0.2) is 23.1 Å². The highest BCUT2D eigenvalue weighted by Crippen LogP contribution is 2.27. The van der Waals surface area contributed by atoms with Gasteiger partial charge in [-0.15, -0.1) is 0 Å². The Balaban J connectivity index is 2.19. The summed E-state index contributed by atoms with van der Waals surface area (Å²) < 4.78 is 32.5. The average molecular weight is 368 g/mol. The van der Waals surface area contributed by atoms with E-state index >= 15 is 0 Å². The molecule has 2 rings (SSSR count). The van der Waals surface area contributed by atoms with Crippen LogP contribution in [0.2, 0.25) is 0 Å². The van der Waals surface area contributed by atoms with E-state index in [0.29, 0.717) is 25.1 Å². The highest BCUT2D eigenvalue weighted by Gasteiger charge is 2.34. The van der Waals surface area contributed by atoms with Crippen LogP contribution in [0.3, 0.4) is 0 Å². The monoisotopic (exact) mass is 368 g/mol.